The molecule has 3 rings (SSSR count). The molecule has 2 aromatic rings. The van der Waals surface area contributed by atoms with Crippen molar-refractivity contribution in [3.8, 4) is 0 Å². The summed E-state index contributed by atoms with van der Waals surface area (Å²) in [5.41, 5.74) is 4.52. The lowest BCUT2D eigenvalue weighted by Gasteiger charge is -2.15. The first kappa shape index (κ1) is 12.8. The Morgan fingerprint density at radius 1 is 0.550 bits per heavy atom. The van der Waals surface area contributed by atoms with E-state index in [9.17, 15) is 8.78 Å². The molecule has 0 fully saturated rings. The van der Waals surface area contributed by atoms with Crippen LogP contribution >= 0.6 is 0 Å². The van der Waals surface area contributed by atoms with Crippen molar-refractivity contribution in [1.29, 1.82) is 0 Å². The predicted octanol–water partition coefficient (Wildman–Crippen LogP) is 5.23. The van der Waals surface area contributed by atoms with Crippen LogP contribution in [0.3, 0.4) is 0 Å². The standard InChI is InChI=1S/C18H14F2/c19-17-9-5-15(6-10-17)13-1-2-14(4-3-13)16-7-11-18(20)12-8-16/h1-2,5-12H,3-4H2. The van der Waals surface area contributed by atoms with Crippen molar-refractivity contribution in [2.75, 3.05) is 0 Å². The van der Waals surface area contributed by atoms with E-state index in [0.29, 0.717) is 0 Å². The highest BCUT2D eigenvalue weighted by Crippen LogP contribution is 2.31. The van der Waals surface area contributed by atoms with Crippen LogP contribution in [0.15, 0.2) is 60.7 Å². The molecule has 0 heterocycles. The molecule has 0 saturated carbocycles. The number of hydrogen-bond acceptors (Lipinski definition) is 0. The highest BCUT2D eigenvalue weighted by Gasteiger charge is 2.10. The molecule has 2 aromatic carbocycles. The maximum absolute atomic E-state index is 12.9. The molecule has 100 valence electrons. The van der Waals surface area contributed by atoms with Gasteiger partial charge in [0, 0.05) is 0 Å². The molecule has 0 radical (unpaired) electrons. The average molecular weight is 268 g/mol. The quantitative estimate of drug-likeness (QED) is 0.700. The van der Waals surface area contributed by atoms with Gasteiger partial charge in [-0.2, -0.15) is 0 Å². The molecule has 0 bridgehead atoms. The zero-order valence-electron chi connectivity index (χ0n) is 10.9. The first-order valence-electron chi connectivity index (χ1n) is 6.64. The molecule has 20 heavy (non-hydrogen) atoms. The minimum Gasteiger partial charge on any atom is -0.207 e. The van der Waals surface area contributed by atoms with E-state index >= 15 is 0 Å². The van der Waals surface area contributed by atoms with Gasteiger partial charge in [-0.15, -0.1) is 0 Å². The molecule has 0 aromatic heterocycles. The third-order valence-corrected chi connectivity index (χ3v) is 3.58. The first-order chi connectivity index (χ1) is 9.72. The van der Waals surface area contributed by atoms with Gasteiger partial charge in [0.25, 0.3) is 0 Å². The van der Waals surface area contributed by atoms with Crippen LogP contribution in [0, 0.1) is 11.6 Å². The lowest BCUT2D eigenvalue weighted by Crippen LogP contribution is -1.94. The van der Waals surface area contributed by atoms with E-state index in [-0.39, 0.29) is 11.6 Å². The normalized spacial score (nSPS) is 14.7. The Labute approximate surface area is 117 Å². The fraction of sp³-hybridized carbons (Fsp3) is 0.111. The maximum atomic E-state index is 12.9. The fourth-order valence-electron chi connectivity index (χ4n) is 2.45. The van der Waals surface area contributed by atoms with Crippen LogP contribution in [0.5, 0.6) is 0 Å². The van der Waals surface area contributed by atoms with Crippen molar-refractivity contribution in [1.82, 2.24) is 0 Å². The molecule has 2 heteroatoms. The van der Waals surface area contributed by atoms with Crippen molar-refractivity contribution < 1.29 is 8.78 Å². The molecule has 0 nitrogen and oxygen atoms in total. The predicted molar refractivity (Wildman–Crippen MR) is 78.0 cm³/mol. The van der Waals surface area contributed by atoms with Crippen molar-refractivity contribution in [3.63, 3.8) is 0 Å². The van der Waals surface area contributed by atoms with Gasteiger partial charge in [-0.25, -0.2) is 8.78 Å². The number of halogens is 2. The summed E-state index contributed by atoms with van der Waals surface area (Å²) in [7, 11) is 0. The van der Waals surface area contributed by atoms with E-state index in [1.807, 2.05) is 0 Å². The molecule has 0 amide bonds. The lowest BCUT2D eigenvalue weighted by atomic mass is 9.90. The molecule has 0 unspecified atom stereocenters. The molecule has 1 aliphatic carbocycles. The Morgan fingerprint density at radius 3 is 1.20 bits per heavy atom. The summed E-state index contributed by atoms with van der Waals surface area (Å²) in [6, 6.07) is 13.1. The van der Waals surface area contributed by atoms with Gasteiger partial charge in [-0.3, -0.25) is 0 Å². The van der Waals surface area contributed by atoms with Gasteiger partial charge in [-0.1, -0.05) is 36.4 Å². The van der Waals surface area contributed by atoms with Crippen molar-refractivity contribution in [3.05, 3.63) is 83.4 Å². The highest BCUT2D eigenvalue weighted by atomic mass is 19.1. The van der Waals surface area contributed by atoms with E-state index in [1.165, 1.54) is 35.4 Å². The van der Waals surface area contributed by atoms with Crippen LogP contribution in [-0.2, 0) is 0 Å². The maximum Gasteiger partial charge on any atom is 0.123 e. The monoisotopic (exact) mass is 268 g/mol. The fourth-order valence-corrected chi connectivity index (χ4v) is 2.45. The van der Waals surface area contributed by atoms with Gasteiger partial charge in [0.1, 0.15) is 11.6 Å². The average Bonchev–Trinajstić information content (AvgIpc) is 2.49. The summed E-state index contributed by atoms with van der Waals surface area (Å²) in [5, 5.41) is 0. The van der Waals surface area contributed by atoms with Crippen LogP contribution in [0.2, 0.25) is 0 Å². The molecule has 0 N–H and O–H groups in total. The van der Waals surface area contributed by atoms with Gasteiger partial charge in [-0.05, 0) is 59.4 Å². The third kappa shape index (κ3) is 2.69. The SMILES string of the molecule is Fc1ccc(C2=CC=C(c3ccc(F)cc3)CC2)cc1. The second-order valence-electron chi connectivity index (χ2n) is 4.90. The summed E-state index contributed by atoms with van der Waals surface area (Å²) >= 11 is 0. The molecule has 0 aliphatic heterocycles. The zero-order valence-corrected chi connectivity index (χ0v) is 10.9. The smallest absolute Gasteiger partial charge is 0.123 e. The van der Waals surface area contributed by atoms with E-state index in [4.69, 9.17) is 0 Å². The van der Waals surface area contributed by atoms with Gasteiger partial charge in [0.15, 0.2) is 0 Å². The minimum atomic E-state index is -0.215. The van der Waals surface area contributed by atoms with Gasteiger partial charge in [0.2, 0.25) is 0 Å². The van der Waals surface area contributed by atoms with Gasteiger partial charge >= 0.3 is 0 Å². The number of allylic oxidation sites excluding steroid dienone is 4. The second kappa shape index (κ2) is 5.41. The lowest BCUT2D eigenvalue weighted by molar-refractivity contribution is 0.627. The van der Waals surface area contributed by atoms with Crippen molar-refractivity contribution in [2.24, 2.45) is 0 Å². The van der Waals surface area contributed by atoms with Crippen LogP contribution in [0.4, 0.5) is 8.78 Å². The number of hydrogen-bond donors (Lipinski definition) is 0. The Balaban J connectivity index is 1.85. The molecule has 0 saturated heterocycles. The minimum absolute atomic E-state index is 0.215. The molecular formula is C18H14F2. The van der Waals surface area contributed by atoms with E-state index in [1.54, 1.807) is 24.3 Å². The molecular weight excluding hydrogens is 254 g/mol. The Hall–Kier alpha value is -2.22. The highest BCUT2D eigenvalue weighted by molar-refractivity contribution is 5.78. The zero-order chi connectivity index (χ0) is 13.9. The summed E-state index contributed by atoms with van der Waals surface area (Å²) in [4.78, 5) is 0. The molecule has 0 spiro atoms. The van der Waals surface area contributed by atoms with Crippen molar-refractivity contribution >= 4 is 11.1 Å². The van der Waals surface area contributed by atoms with Gasteiger partial charge in [0.05, 0.1) is 0 Å². The van der Waals surface area contributed by atoms with Crippen LogP contribution in [0.1, 0.15) is 24.0 Å². The topological polar surface area (TPSA) is 0 Å². The Kier molecular flexibility index (Phi) is 3.46. The second-order valence-corrected chi connectivity index (χ2v) is 4.90. The molecule has 0 atom stereocenters. The largest absolute Gasteiger partial charge is 0.207 e. The summed E-state index contributed by atoms with van der Waals surface area (Å²) < 4.78 is 25.8. The first-order valence-corrected chi connectivity index (χ1v) is 6.64. The van der Waals surface area contributed by atoms with Crippen molar-refractivity contribution in [2.45, 2.75) is 12.8 Å². The van der Waals surface area contributed by atoms with E-state index < -0.39 is 0 Å². The van der Waals surface area contributed by atoms with Crippen LogP contribution in [-0.4, -0.2) is 0 Å². The molecule has 1 aliphatic rings. The van der Waals surface area contributed by atoms with Crippen LogP contribution in [0.25, 0.3) is 11.1 Å². The third-order valence-electron chi connectivity index (χ3n) is 3.58. The number of rotatable bonds is 2. The number of benzene rings is 2. The summed E-state index contributed by atoms with van der Waals surface area (Å²) in [6.45, 7) is 0. The van der Waals surface area contributed by atoms with Crippen LogP contribution < -0.4 is 0 Å². The van der Waals surface area contributed by atoms with Gasteiger partial charge < -0.3 is 0 Å². The Morgan fingerprint density at radius 2 is 0.900 bits per heavy atom. The summed E-state index contributed by atoms with van der Waals surface area (Å²) in [6.07, 6.45) is 5.95. The Bertz CT molecular complexity index is 600. The van der Waals surface area contributed by atoms with E-state index in [0.717, 1.165) is 24.0 Å². The summed E-state index contributed by atoms with van der Waals surface area (Å²) in [5.74, 6) is -0.430. The van der Waals surface area contributed by atoms with E-state index in [2.05, 4.69) is 12.2 Å².